The third kappa shape index (κ3) is 4.57. The number of rotatable bonds is 7. The maximum Gasteiger partial charge on any atom is 0.285 e. The number of nitrogens with one attached hydrogen (secondary N) is 2. The largest absolute Gasteiger partial charge is 0.349 e. The van der Waals surface area contributed by atoms with Gasteiger partial charge in [-0.2, -0.15) is 11.8 Å². The van der Waals surface area contributed by atoms with Gasteiger partial charge in [-0.25, -0.2) is 4.39 Å². The van der Waals surface area contributed by atoms with Crippen LogP contribution in [0.15, 0.2) is 12.1 Å². The third-order valence-electron chi connectivity index (χ3n) is 2.63. The fraction of sp³-hybridized carbons (Fsp3) is 0.417. The van der Waals surface area contributed by atoms with Gasteiger partial charge in [-0.3, -0.25) is 20.8 Å². The number of nitrogens with two attached hydrogens (primary N) is 1. The molecule has 1 unspecified atom stereocenters. The summed E-state index contributed by atoms with van der Waals surface area (Å²) in [7, 11) is 0. The lowest BCUT2D eigenvalue weighted by Gasteiger charge is -2.14. The van der Waals surface area contributed by atoms with Gasteiger partial charge < -0.3 is 10.7 Å². The lowest BCUT2D eigenvalue weighted by molar-refractivity contribution is -0.385. The lowest BCUT2D eigenvalue weighted by Crippen LogP contribution is -2.34. The van der Waals surface area contributed by atoms with Gasteiger partial charge in [0.1, 0.15) is 5.56 Å². The predicted octanol–water partition coefficient (Wildman–Crippen LogP) is 1.89. The first-order valence-electron chi connectivity index (χ1n) is 6.23. The Balaban J connectivity index is 3.04. The average molecular weight is 316 g/mol. The minimum atomic E-state index is -0.893. The molecule has 1 rings (SSSR count). The Hall–Kier alpha value is -1.87. The number of amides is 1. The molecule has 0 heterocycles. The number of hydrazine groups is 1. The number of carbonyl (C=O) groups excluding carboxylic acids is 1. The Kier molecular flexibility index (Phi) is 6.38. The molecule has 9 heteroatoms. The Morgan fingerprint density at radius 3 is 2.76 bits per heavy atom. The molecule has 0 aromatic heterocycles. The van der Waals surface area contributed by atoms with Crippen molar-refractivity contribution in [3.63, 3.8) is 0 Å². The molecule has 4 N–H and O–H groups in total. The molecule has 0 bridgehead atoms. The molecule has 1 aromatic rings. The van der Waals surface area contributed by atoms with Crippen LogP contribution in [-0.2, 0) is 0 Å². The van der Waals surface area contributed by atoms with E-state index in [0.29, 0.717) is 11.8 Å². The molecule has 1 amide bonds. The van der Waals surface area contributed by atoms with Gasteiger partial charge in [-0.05, 0) is 18.7 Å². The van der Waals surface area contributed by atoms with Crippen LogP contribution in [0.1, 0.15) is 24.2 Å². The molecular weight excluding hydrogens is 299 g/mol. The molecule has 0 aliphatic heterocycles. The molecule has 0 fully saturated rings. The quantitative estimate of drug-likeness (QED) is 0.402. The monoisotopic (exact) mass is 316 g/mol. The lowest BCUT2D eigenvalue weighted by atomic mass is 10.1. The standard InChI is InChI=1S/C12H17FN4O3S/c1-3-21-6-7(2)15-12(18)8-4-10(16-14)9(13)5-11(8)17(19)20/h4-5,7,16H,3,6,14H2,1-2H3,(H,15,18). The van der Waals surface area contributed by atoms with Gasteiger partial charge in [0.2, 0.25) is 0 Å². The number of carbonyl (C=O) groups is 1. The van der Waals surface area contributed by atoms with Gasteiger partial charge >= 0.3 is 0 Å². The number of hydrogen-bond donors (Lipinski definition) is 3. The fourth-order valence-corrected chi connectivity index (χ4v) is 2.32. The highest BCUT2D eigenvalue weighted by atomic mass is 32.2. The molecule has 0 aliphatic carbocycles. The Morgan fingerprint density at radius 1 is 1.57 bits per heavy atom. The number of thioether (sulfide) groups is 1. The van der Waals surface area contributed by atoms with Crippen LogP contribution in [0.25, 0.3) is 0 Å². The molecule has 116 valence electrons. The second-order valence-corrected chi connectivity index (χ2v) is 5.60. The summed E-state index contributed by atoms with van der Waals surface area (Å²) in [6.45, 7) is 3.78. The van der Waals surface area contributed by atoms with Crippen LogP contribution >= 0.6 is 11.8 Å². The van der Waals surface area contributed by atoms with Crippen LogP contribution in [0, 0.1) is 15.9 Å². The van der Waals surface area contributed by atoms with E-state index in [1.807, 2.05) is 6.92 Å². The van der Waals surface area contributed by atoms with E-state index in [9.17, 15) is 19.3 Å². The van der Waals surface area contributed by atoms with Gasteiger partial charge in [0, 0.05) is 11.8 Å². The zero-order valence-corrected chi connectivity index (χ0v) is 12.5. The first-order valence-corrected chi connectivity index (χ1v) is 7.39. The number of nitrogen functional groups attached to an aromatic ring is 1. The minimum Gasteiger partial charge on any atom is -0.349 e. The molecular formula is C12H17FN4O3S. The Morgan fingerprint density at radius 2 is 2.24 bits per heavy atom. The SMILES string of the molecule is CCSCC(C)NC(=O)c1cc(NN)c(F)cc1[N+](=O)[O-]. The second kappa shape index (κ2) is 7.79. The highest BCUT2D eigenvalue weighted by Crippen LogP contribution is 2.25. The highest BCUT2D eigenvalue weighted by Gasteiger charge is 2.24. The van der Waals surface area contributed by atoms with E-state index in [-0.39, 0.29) is 17.3 Å². The van der Waals surface area contributed by atoms with Crippen LogP contribution in [0.5, 0.6) is 0 Å². The smallest absolute Gasteiger partial charge is 0.285 e. The van der Waals surface area contributed by atoms with Gasteiger partial charge in [0.05, 0.1) is 16.7 Å². The number of anilines is 1. The van der Waals surface area contributed by atoms with Crippen molar-refractivity contribution in [3.05, 3.63) is 33.6 Å². The highest BCUT2D eigenvalue weighted by molar-refractivity contribution is 7.99. The average Bonchev–Trinajstić information content (AvgIpc) is 2.44. The maximum atomic E-state index is 13.5. The summed E-state index contributed by atoms with van der Waals surface area (Å²) in [5.74, 6) is 5.17. The van der Waals surface area contributed by atoms with Gasteiger partial charge in [0.15, 0.2) is 5.82 Å². The van der Waals surface area contributed by atoms with Gasteiger partial charge in [0.25, 0.3) is 11.6 Å². The number of halogens is 1. The zero-order valence-electron chi connectivity index (χ0n) is 11.7. The van der Waals surface area contributed by atoms with Crippen LogP contribution < -0.4 is 16.6 Å². The summed E-state index contributed by atoms with van der Waals surface area (Å²) in [6, 6.07) is 1.54. The van der Waals surface area contributed by atoms with E-state index in [1.54, 1.807) is 18.7 Å². The summed E-state index contributed by atoms with van der Waals surface area (Å²) in [4.78, 5) is 22.2. The topological polar surface area (TPSA) is 110 Å². The summed E-state index contributed by atoms with van der Waals surface area (Å²) in [5, 5.41) is 13.6. The Labute approximate surface area is 125 Å². The first kappa shape index (κ1) is 17.2. The molecule has 0 aliphatic rings. The van der Waals surface area contributed by atoms with Crippen molar-refractivity contribution in [2.75, 3.05) is 16.9 Å². The van der Waals surface area contributed by atoms with Crippen molar-refractivity contribution < 1.29 is 14.1 Å². The number of benzene rings is 1. The van der Waals surface area contributed by atoms with Crippen LogP contribution in [0.4, 0.5) is 15.8 Å². The molecule has 1 aromatic carbocycles. The first-order chi connectivity index (χ1) is 9.90. The summed E-state index contributed by atoms with van der Waals surface area (Å²) < 4.78 is 13.5. The van der Waals surface area contributed by atoms with E-state index < -0.39 is 22.3 Å². The number of nitro groups is 1. The summed E-state index contributed by atoms with van der Waals surface area (Å²) in [5.41, 5.74) is 1.05. The minimum absolute atomic E-state index is 0.165. The van der Waals surface area contributed by atoms with E-state index >= 15 is 0 Å². The van der Waals surface area contributed by atoms with Crippen LogP contribution in [0.2, 0.25) is 0 Å². The zero-order chi connectivity index (χ0) is 16.0. The molecule has 0 radical (unpaired) electrons. The fourth-order valence-electron chi connectivity index (χ4n) is 1.64. The molecule has 0 spiro atoms. The molecule has 0 saturated carbocycles. The van der Waals surface area contributed by atoms with E-state index in [4.69, 9.17) is 5.84 Å². The van der Waals surface area contributed by atoms with Gasteiger partial charge in [-0.15, -0.1) is 0 Å². The number of hydrogen-bond acceptors (Lipinski definition) is 6. The summed E-state index contributed by atoms with van der Waals surface area (Å²) in [6.07, 6.45) is 0. The van der Waals surface area contributed by atoms with Crippen molar-refractivity contribution in [3.8, 4) is 0 Å². The van der Waals surface area contributed by atoms with E-state index in [1.165, 1.54) is 0 Å². The molecule has 7 nitrogen and oxygen atoms in total. The number of nitro benzene ring substituents is 1. The molecule has 21 heavy (non-hydrogen) atoms. The normalized spacial score (nSPS) is 11.8. The van der Waals surface area contributed by atoms with Crippen LogP contribution in [0.3, 0.4) is 0 Å². The van der Waals surface area contributed by atoms with Crippen molar-refractivity contribution in [2.24, 2.45) is 5.84 Å². The van der Waals surface area contributed by atoms with Gasteiger partial charge in [-0.1, -0.05) is 6.92 Å². The van der Waals surface area contributed by atoms with Crippen molar-refractivity contribution in [2.45, 2.75) is 19.9 Å². The summed E-state index contributed by atoms with van der Waals surface area (Å²) >= 11 is 1.63. The second-order valence-electron chi connectivity index (χ2n) is 4.28. The molecule has 1 atom stereocenters. The number of nitrogens with zero attached hydrogens (tertiary/aromatic N) is 1. The Bertz CT molecular complexity index is 541. The van der Waals surface area contributed by atoms with E-state index in [0.717, 1.165) is 11.8 Å². The molecule has 0 saturated heterocycles. The van der Waals surface area contributed by atoms with E-state index in [2.05, 4.69) is 10.7 Å². The maximum absolute atomic E-state index is 13.5. The van der Waals surface area contributed by atoms with Crippen molar-refractivity contribution >= 4 is 29.0 Å². The predicted molar refractivity (Wildman–Crippen MR) is 80.8 cm³/mol. The van der Waals surface area contributed by atoms with Crippen LogP contribution in [-0.4, -0.2) is 28.4 Å². The van der Waals surface area contributed by atoms with Crippen molar-refractivity contribution in [1.29, 1.82) is 0 Å². The third-order valence-corrected chi connectivity index (χ3v) is 3.78. The van der Waals surface area contributed by atoms with Crippen molar-refractivity contribution in [1.82, 2.24) is 5.32 Å².